The van der Waals surface area contributed by atoms with Crippen LogP contribution in [0.2, 0.25) is 0 Å². The highest BCUT2D eigenvalue weighted by Gasteiger charge is 2.33. The Balaban J connectivity index is 1.83. The molecule has 4 rings (SSSR count). The number of aromatic nitrogens is 3. The van der Waals surface area contributed by atoms with E-state index in [1.165, 1.54) is 0 Å². The van der Waals surface area contributed by atoms with Crippen LogP contribution in [0.15, 0.2) is 72.9 Å². The molecule has 0 aliphatic rings. The Morgan fingerprint density at radius 3 is 2.44 bits per heavy atom. The van der Waals surface area contributed by atoms with E-state index in [-0.39, 0.29) is 17.9 Å². The zero-order chi connectivity index (χ0) is 24.1. The van der Waals surface area contributed by atoms with Crippen LogP contribution in [0.1, 0.15) is 53.6 Å². The molecule has 0 aliphatic heterocycles. The van der Waals surface area contributed by atoms with Crippen molar-refractivity contribution in [2.24, 2.45) is 11.7 Å². The topological polar surface area (TPSA) is 77.0 Å². The third-order valence-corrected chi connectivity index (χ3v) is 6.11. The van der Waals surface area contributed by atoms with Crippen LogP contribution < -0.4 is 5.73 Å². The van der Waals surface area contributed by atoms with E-state index in [2.05, 4.69) is 35.5 Å². The van der Waals surface area contributed by atoms with Gasteiger partial charge >= 0.3 is 0 Å². The minimum atomic E-state index is -0.224. The molecule has 1 amide bonds. The molecule has 0 radical (unpaired) electrons. The number of imidazole rings is 1. The summed E-state index contributed by atoms with van der Waals surface area (Å²) in [5.41, 5.74) is 10.5. The van der Waals surface area contributed by atoms with Gasteiger partial charge in [-0.1, -0.05) is 61.9 Å². The highest BCUT2D eigenvalue weighted by atomic mass is 16.2. The molecular weight excluding hydrogens is 422 g/mol. The van der Waals surface area contributed by atoms with Gasteiger partial charge in [-0.3, -0.25) is 4.79 Å². The second-order valence-electron chi connectivity index (χ2n) is 9.08. The van der Waals surface area contributed by atoms with Crippen molar-refractivity contribution in [2.75, 3.05) is 13.1 Å². The van der Waals surface area contributed by atoms with E-state index in [4.69, 9.17) is 10.7 Å². The van der Waals surface area contributed by atoms with Gasteiger partial charge in [-0.15, -0.1) is 0 Å². The van der Waals surface area contributed by atoms with Crippen molar-refractivity contribution in [3.8, 4) is 0 Å². The van der Waals surface area contributed by atoms with Crippen LogP contribution in [-0.2, 0) is 6.54 Å². The molecule has 4 aromatic rings. The fourth-order valence-corrected chi connectivity index (χ4v) is 4.41. The highest BCUT2D eigenvalue weighted by molar-refractivity contribution is 5.94. The van der Waals surface area contributed by atoms with Gasteiger partial charge in [-0.05, 0) is 55.6 Å². The van der Waals surface area contributed by atoms with E-state index >= 15 is 0 Å². The Hall–Kier alpha value is -3.51. The Bertz CT molecular complexity index is 1230. The number of benzene rings is 2. The number of carbonyl (C=O) groups excluding carboxylic acids is 1. The summed E-state index contributed by atoms with van der Waals surface area (Å²) >= 11 is 0. The van der Waals surface area contributed by atoms with Crippen molar-refractivity contribution >= 4 is 17.1 Å². The lowest BCUT2D eigenvalue weighted by Gasteiger charge is -2.34. The molecule has 2 heterocycles. The maximum atomic E-state index is 13.8. The number of nitrogens with two attached hydrogens (primary N) is 1. The second-order valence-corrected chi connectivity index (χ2v) is 9.08. The lowest BCUT2D eigenvalue weighted by atomic mass is 9.99. The molecular formula is C28H33N5O. The molecule has 2 N–H and O–H groups in total. The predicted molar refractivity (Wildman–Crippen MR) is 137 cm³/mol. The maximum Gasteiger partial charge on any atom is 0.254 e. The van der Waals surface area contributed by atoms with Gasteiger partial charge in [0.25, 0.3) is 5.91 Å². The first kappa shape index (κ1) is 23.6. The number of fused-ring (bicyclic) bond motifs is 1. The molecule has 1 atom stereocenters. The fourth-order valence-electron chi connectivity index (χ4n) is 4.41. The SMILES string of the molecule is Cc1ccc(C(=O)N(CCCN)C(c2nc3cccnc3n2Cc2ccccc2)C(C)C)cc1. The molecule has 0 aliphatic carbocycles. The number of carbonyl (C=O) groups is 1. The standard InChI is InChI=1S/C28H33N5O/c1-20(2)25(32(18-8-16-29)28(34)23-14-12-21(3)13-15-23)27-31-24-11-7-17-30-26(24)33(27)19-22-9-5-4-6-10-22/h4-7,9-15,17,20,25H,8,16,18-19,29H2,1-3H3. The van der Waals surface area contributed by atoms with Crippen LogP contribution in [0.3, 0.4) is 0 Å². The van der Waals surface area contributed by atoms with Crippen LogP contribution in [0.4, 0.5) is 0 Å². The summed E-state index contributed by atoms with van der Waals surface area (Å²) in [7, 11) is 0. The molecule has 34 heavy (non-hydrogen) atoms. The predicted octanol–water partition coefficient (Wildman–Crippen LogP) is 4.98. The molecule has 2 aromatic heterocycles. The number of rotatable bonds is 9. The number of aryl methyl sites for hydroxylation is 1. The van der Waals surface area contributed by atoms with Crippen molar-refractivity contribution in [3.63, 3.8) is 0 Å². The van der Waals surface area contributed by atoms with E-state index in [1.807, 2.05) is 66.4 Å². The second kappa shape index (κ2) is 10.6. The van der Waals surface area contributed by atoms with E-state index in [1.54, 1.807) is 6.20 Å². The van der Waals surface area contributed by atoms with Crippen molar-refractivity contribution in [3.05, 3.63) is 95.4 Å². The maximum absolute atomic E-state index is 13.8. The number of nitrogens with zero attached hydrogens (tertiary/aromatic N) is 4. The van der Waals surface area contributed by atoms with Crippen LogP contribution in [0, 0.1) is 12.8 Å². The number of amides is 1. The quantitative estimate of drug-likeness (QED) is 0.386. The summed E-state index contributed by atoms with van der Waals surface area (Å²) in [5, 5.41) is 0. The molecule has 176 valence electrons. The van der Waals surface area contributed by atoms with E-state index in [0.717, 1.165) is 34.5 Å². The third kappa shape index (κ3) is 5.02. The Kier molecular flexibility index (Phi) is 7.38. The van der Waals surface area contributed by atoms with Gasteiger partial charge in [-0.25, -0.2) is 9.97 Å². The van der Waals surface area contributed by atoms with Gasteiger partial charge in [0, 0.05) is 18.3 Å². The molecule has 6 heteroatoms. The summed E-state index contributed by atoms with van der Waals surface area (Å²) in [6.07, 6.45) is 2.52. The van der Waals surface area contributed by atoms with E-state index in [0.29, 0.717) is 25.2 Å². The average molecular weight is 456 g/mol. The van der Waals surface area contributed by atoms with Gasteiger partial charge < -0.3 is 15.2 Å². The molecule has 1 unspecified atom stereocenters. The van der Waals surface area contributed by atoms with Crippen molar-refractivity contribution in [1.29, 1.82) is 0 Å². The third-order valence-electron chi connectivity index (χ3n) is 6.11. The first-order chi connectivity index (χ1) is 16.5. The van der Waals surface area contributed by atoms with Gasteiger partial charge in [0.1, 0.15) is 11.3 Å². The number of hydrogen-bond donors (Lipinski definition) is 1. The van der Waals surface area contributed by atoms with Gasteiger partial charge in [-0.2, -0.15) is 0 Å². The lowest BCUT2D eigenvalue weighted by molar-refractivity contribution is 0.0605. The first-order valence-corrected chi connectivity index (χ1v) is 11.9. The molecule has 0 fully saturated rings. The first-order valence-electron chi connectivity index (χ1n) is 11.9. The molecule has 0 saturated carbocycles. The Morgan fingerprint density at radius 2 is 1.76 bits per heavy atom. The van der Waals surface area contributed by atoms with Gasteiger partial charge in [0.2, 0.25) is 0 Å². The lowest BCUT2D eigenvalue weighted by Crippen LogP contribution is -2.40. The summed E-state index contributed by atoms with van der Waals surface area (Å²) in [5.74, 6) is 0.988. The number of pyridine rings is 1. The zero-order valence-corrected chi connectivity index (χ0v) is 20.2. The largest absolute Gasteiger partial charge is 0.330 e. The number of hydrogen-bond acceptors (Lipinski definition) is 4. The molecule has 0 spiro atoms. The molecule has 6 nitrogen and oxygen atoms in total. The van der Waals surface area contributed by atoms with Crippen LogP contribution >= 0.6 is 0 Å². The Labute approximate surface area is 201 Å². The molecule has 2 aromatic carbocycles. The highest BCUT2D eigenvalue weighted by Crippen LogP contribution is 2.32. The summed E-state index contributed by atoms with van der Waals surface area (Å²) < 4.78 is 2.16. The monoisotopic (exact) mass is 455 g/mol. The van der Waals surface area contributed by atoms with Crippen LogP contribution in [-0.4, -0.2) is 38.4 Å². The fraction of sp³-hybridized carbons (Fsp3) is 0.321. The normalized spacial score (nSPS) is 12.3. The van der Waals surface area contributed by atoms with E-state index < -0.39 is 0 Å². The summed E-state index contributed by atoms with van der Waals surface area (Å²) in [6.45, 7) is 8.02. The van der Waals surface area contributed by atoms with Gasteiger partial charge in [0.15, 0.2) is 5.65 Å². The smallest absolute Gasteiger partial charge is 0.254 e. The van der Waals surface area contributed by atoms with Crippen LogP contribution in [0.5, 0.6) is 0 Å². The summed E-state index contributed by atoms with van der Waals surface area (Å²) in [6, 6.07) is 21.7. The van der Waals surface area contributed by atoms with Crippen LogP contribution in [0.25, 0.3) is 11.2 Å². The minimum Gasteiger partial charge on any atom is -0.330 e. The summed E-state index contributed by atoms with van der Waals surface area (Å²) in [4.78, 5) is 25.4. The zero-order valence-electron chi connectivity index (χ0n) is 20.2. The van der Waals surface area contributed by atoms with Gasteiger partial charge in [0.05, 0.1) is 12.6 Å². The molecule has 0 bridgehead atoms. The van der Waals surface area contributed by atoms with E-state index in [9.17, 15) is 4.79 Å². The average Bonchev–Trinajstić information content (AvgIpc) is 3.19. The molecule has 0 saturated heterocycles. The van der Waals surface area contributed by atoms with Crippen molar-refractivity contribution < 1.29 is 4.79 Å². The minimum absolute atomic E-state index is 0.00146. The van der Waals surface area contributed by atoms with Crippen molar-refractivity contribution in [1.82, 2.24) is 19.4 Å². The van der Waals surface area contributed by atoms with Crippen molar-refractivity contribution in [2.45, 2.75) is 39.8 Å². The Morgan fingerprint density at radius 1 is 1.03 bits per heavy atom.